The molecule has 0 spiro atoms. The SMILES string of the molecule is CC.CC.CC.CC.CC.CC.Cc1nc(NC(C)(C)C)c2ncn(C)c2n1.Cc1nc(OC(C)(C)C)c2ncn(C)c2n1.Cn1cnc2c(CC(C)(C)C)nc(N)nc21.Cn1cnc2c(CC(C)(C)C)ncnc21.Cn1cnc2c(NC(C)(C)C)ncnc21.Cn1cnc2c(OC(C)(C)C)ncnc21. The number of imidazole rings is 6. The van der Waals surface area contributed by atoms with Crippen LogP contribution in [0.1, 0.15) is 231 Å². The van der Waals surface area contributed by atoms with Crippen LogP contribution in [0.4, 0.5) is 17.6 Å². The first kappa shape index (κ1) is 93.3. The van der Waals surface area contributed by atoms with Crippen molar-refractivity contribution in [1.82, 2.24) is 117 Å². The number of aryl methyl sites for hydroxylation is 8. The van der Waals surface area contributed by atoms with Crippen LogP contribution in [-0.2, 0) is 55.1 Å². The standard InChI is InChI=1S/2C11H17N5.C11H16N4O.C11H16N4.C10H15N5.C10H14N4O.6C2H6/c1-11(2,3)5-7-8-9(15-10(12)14-7)16(4)6-13-8;1-7-13-9(15-11(2,3)4)8-10(14-7)16(5)6-12-8;1-7-13-9-8(12-6-15(9)5)10(14-7)16-11(2,3)4;1-11(2,3)5-8-9-10(13-6-12-8)15(4)7-14-9;1-10(2,3)14-8-7-9(12-5-11-8)15(4)6-13-7;1-10(2,3)15-9-7-8(11-5-12-9)14(4)6-13-7;6*1-2/h6H,5H2,1-4H3,(H2,12,14,15);6H,1-5H3,(H,13,14,15);6H,1-5H3;6-7H,5H2,1-4H3;5-6H,1-4H3,(H,11,12,14);5-6H,1-4H3;6*1-2H3. The van der Waals surface area contributed by atoms with Crippen molar-refractivity contribution in [3.05, 3.63) is 80.0 Å². The van der Waals surface area contributed by atoms with E-state index in [1.165, 1.54) is 6.33 Å². The molecule has 0 atom stereocenters. The minimum Gasteiger partial charge on any atom is -0.470 e. The second-order valence-electron chi connectivity index (χ2n) is 29.3. The van der Waals surface area contributed by atoms with E-state index in [4.69, 9.17) is 15.2 Å². The molecule has 0 saturated heterocycles. The van der Waals surface area contributed by atoms with Crippen LogP contribution in [0.5, 0.6) is 11.8 Å². The van der Waals surface area contributed by atoms with E-state index in [0.717, 1.165) is 97.6 Å². The van der Waals surface area contributed by atoms with E-state index in [0.29, 0.717) is 34.6 Å². The molecule has 0 saturated carbocycles. The van der Waals surface area contributed by atoms with Crippen LogP contribution in [0, 0.1) is 24.7 Å². The summed E-state index contributed by atoms with van der Waals surface area (Å²) in [5, 5.41) is 6.66. The van der Waals surface area contributed by atoms with Gasteiger partial charge in [-0.1, -0.05) is 125 Å². The third-order valence-electron chi connectivity index (χ3n) is 12.7. The quantitative estimate of drug-likeness (QED) is 0.139. The van der Waals surface area contributed by atoms with Crippen LogP contribution in [0.2, 0.25) is 0 Å². The number of hydrogen-bond donors (Lipinski definition) is 3. The number of rotatable bonds is 6. The van der Waals surface area contributed by atoms with Gasteiger partial charge in [-0.15, -0.1) is 0 Å². The zero-order chi connectivity index (χ0) is 80.9. The average molecular weight is 1460 g/mol. The molecule has 0 bridgehead atoms. The van der Waals surface area contributed by atoms with Gasteiger partial charge in [0.15, 0.2) is 56.6 Å². The Bertz CT molecular complexity index is 4040. The summed E-state index contributed by atoms with van der Waals surface area (Å²) in [5.41, 5.74) is 17.2. The monoisotopic (exact) mass is 1450 g/mol. The average Bonchev–Trinajstić information content (AvgIpc) is 1.64. The highest BCUT2D eigenvalue weighted by atomic mass is 16.5. The van der Waals surface area contributed by atoms with Crippen molar-refractivity contribution in [3.8, 4) is 11.8 Å². The lowest BCUT2D eigenvalue weighted by Crippen LogP contribution is -2.27. The van der Waals surface area contributed by atoms with E-state index >= 15 is 0 Å². The molecule has 4 N–H and O–H groups in total. The largest absolute Gasteiger partial charge is 0.470 e. The van der Waals surface area contributed by atoms with Crippen LogP contribution in [-0.4, -0.2) is 139 Å². The summed E-state index contributed by atoms with van der Waals surface area (Å²) < 4.78 is 22.7. The van der Waals surface area contributed by atoms with Crippen molar-refractivity contribution >= 4 is 84.6 Å². The normalized spacial score (nSPS) is 11.1. The van der Waals surface area contributed by atoms with Gasteiger partial charge >= 0.3 is 0 Å². The lowest BCUT2D eigenvalue weighted by molar-refractivity contribution is 0.125. The van der Waals surface area contributed by atoms with Crippen molar-refractivity contribution in [2.24, 2.45) is 53.1 Å². The van der Waals surface area contributed by atoms with Crippen LogP contribution < -0.4 is 25.8 Å². The smallest absolute Gasteiger partial charge is 0.246 e. The Balaban J connectivity index is 0.000000611. The molecule has 105 heavy (non-hydrogen) atoms. The molecule has 12 aromatic rings. The van der Waals surface area contributed by atoms with Crippen molar-refractivity contribution in [2.75, 3.05) is 16.4 Å². The molecule has 0 aliphatic carbocycles. The number of aromatic nitrogens is 24. The van der Waals surface area contributed by atoms with E-state index in [2.05, 4.69) is 183 Å². The lowest BCUT2D eigenvalue weighted by Gasteiger charge is -2.21. The van der Waals surface area contributed by atoms with Gasteiger partial charge in [-0.3, -0.25) is 0 Å². The van der Waals surface area contributed by atoms with Gasteiger partial charge < -0.3 is 53.2 Å². The van der Waals surface area contributed by atoms with Gasteiger partial charge in [0.1, 0.15) is 63.9 Å². The molecule has 0 amide bonds. The fourth-order valence-electron chi connectivity index (χ4n) is 9.02. The van der Waals surface area contributed by atoms with Crippen molar-refractivity contribution in [3.63, 3.8) is 0 Å². The summed E-state index contributed by atoms with van der Waals surface area (Å²) >= 11 is 0. The molecule has 12 heterocycles. The van der Waals surface area contributed by atoms with Gasteiger partial charge in [0, 0.05) is 53.4 Å². The van der Waals surface area contributed by atoms with E-state index in [9.17, 15) is 0 Å². The summed E-state index contributed by atoms with van der Waals surface area (Å²) in [6, 6.07) is 0. The second kappa shape index (κ2) is 41.7. The summed E-state index contributed by atoms with van der Waals surface area (Å²) in [4.78, 5) is 76.8. The number of nitrogens with two attached hydrogens (primary N) is 1. The van der Waals surface area contributed by atoms with Crippen LogP contribution in [0.25, 0.3) is 67.0 Å². The van der Waals surface area contributed by atoms with E-state index in [-0.39, 0.29) is 33.1 Å². The third kappa shape index (κ3) is 29.8. The Labute approximate surface area is 626 Å². The summed E-state index contributed by atoms with van der Waals surface area (Å²) in [6.45, 7) is 65.3. The molecule has 0 aliphatic rings. The van der Waals surface area contributed by atoms with Crippen molar-refractivity contribution < 1.29 is 9.47 Å². The molecule has 0 unspecified atom stereocenters. The number of nitrogens with zero attached hydrogens (tertiary/aromatic N) is 24. The number of nitrogen functional groups attached to an aromatic ring is 1. The number of hydrogen-bond acceptors (Lipinski definition) is 23. The van der Waals surface area contributed by atoms with E-state index in [1.807, 2.05) is 208 Å². The van der Waals surface area contributed by atoms with Gasteiger partial charge in [0.25, 0.3) is 0 Å². The Kier molecular flexibility index (Phi) is 37.1. The Hall–Kier alpha value is -9.70. The number of ether oxygens (including phenoxy) is 2. The summed E-state index contributed by atoms with van der Waals surface area (Å²) in [5.74, 6) is 4.43. The first-order chi connectivity index (χ1) is 49.0. The summed E-state index contributed by atoms with van der Waals surface area (Å²) in [7, 11) is 11.5. The van der Waals surface area contributed by atoms with Gasteiger partial charge in [0.05, 0.1) is 49.4 Å². The molecular formula is C76H131N27O2. The van der Waals surface area contributed by atoms with E-state index in [1.54, 1.807) is 50.6 Å². The molecule has 29 heteroatoms. The fourth-order valence-corrected chi connectivity index (χ4v) is 9.02. The van der Waals surface area contributed by atoms with Crippen LogP contribution in [0.15, 0.2) is 56.9 Å². The van der Waals surface area contributed by atoms with Crippen molar-refractivity contribution in [2.45, 2.75) is 257 Å². The van der Waals surface area contributed by atoms with Gasteiger partial charge in [-0.05, 0) is 121 Å². The van der Waals surface area contributed by atoms with E-state index < -0.39 is 0 Å². The molecule has 0 radical (unpaired) electrons. The van der Waals surface area contributed by atoms with Gasteiger partial charge in [-0.2, -0.15) is 15.0 Å². The number of anilines is 3. The van der Waals surface area contributed by atoms with Crippen LogP contribution in [0.3, 0.4) is 0 Å². The third-order valence-corrected chi connectivity index (χ3v) is 12.7. The predicted molar refractivity (Wildman–Crippen MR) is 434 cm³/mol. The molecule has 582 valence electrons. The summed E-state index contributed by atoms with van der Waals surface area (Å²) in [6.07, 6.45) is 16.9. The fraction of sp³-hybridized carbons (Fsp3) is 0.605. The van der Waals surface area contributed by atoms with Gasteiger partial charge in [0.2, 0.25) is 17.7 Å². The molecule has 12 rings (SSSR count). The Morgan fingerprint density at radius 1 is 0.314 bits per heavy atom. The zero-order valence-electron chi connectivity index (χ0n) is 71.2. The van der Waals surface area contributed by atoms with Crippen LogP contribution >= 0.6 is 0 Å². The highest BCUT2D eigenvalue weighted by Gasteiger charge is 2.23. The molecule has 0 fully saturated rings. The molecule has 12 aromatic heterocycles. The van der Waals surface area contributed by atoms with Crippen molar-refractivity contribution in [1.29, 1.82) is 0 Å². The second-order valence-corrected chi connectivity index (χ2v) is 29.3. The maximum Gasteiger partial charge on any atom is 0.246 e. The lowest BCUT2D eigenvalue weighted by atomic mass is 9.90. The number of nitrogens with one attached hydrogen (secondary N) is 2. The first-order valence-corrected chi connectivity index (χ1v) is 36.6. The molecular weight excluding hydrogens is 1320 g/mol. The Morgan fingerprint density at radius 3 is 1.05 bits per heavy atom. The number of fused-ring (bicyclic) bond motifs is 6. The topological polar surface area (TPSA) is 330 Å². The molecule has 29 nitrogen and oxygen atoms in total. The zero-order valence-corrected chi connectivity index (χ0v) is 71.2. The first-order valence-electron chi connectivity index (χ1n) is 36.6. The Morgan fingerprint density at radius 2 is 0.619 bits per heavy atom. The minimum atomic E-state index is -0.286. The molecule has 0 aromatic carbocycles. The maximum absolute atomic E-state index is 5.78. The minimum absolute atomic E-state index is 0.0290. The molecule has 0 aliphatic heterocycles. The highest BCUT2D eigenvalue weighted by Crippen LogP contribution is 2.28. The highest BCUT2D eigenvalue weighted by molar-refractivity contribution is 5.84. The van der Waals surface area contributed by atoms with Gasteiger partial charge in [-0.25, -0.2) is 74.8 Å². The maximum atomic E-state index is 5.78. The predicted octanol–water partition coefficient (Wildman–Crippen LogP) is 16.5.